The van der Waals surface area contributed by atoms with E-state index in [1.165, 1.54) is 6.07 Å². The predicted octanol–water partition coefficient (Wildman–Crippen LogP) is 4.50. The number of nitrogens with zero attached hydrogens (tertiary/aromatic N) is 2. The van der Waals surface area contributed by atoms with Gasteiger partial charge in [-0.15, -0.1) is 11.8 Å². The quantitative estimate of drug-likeness (QED) is 0.670. The molecule has 1 aromatic heterocycles. The third-order valence-electron chi connectivity index (χ3n) is 3.82. The largest absolute Gasteiger partial charge is 0.322 e. The van der Waals surface area contributed by atoms with E-state index in [1.807, 2.05) is 44.2 Å². The van der Waals surface area contributed by atoms with Crippen LogP contribution in [0.1, 0.15) is 11.4 Å². The van der Waals surface area contributed by atoms with Crippen molar-refractivity contribution < 1.29 is 13.6 Å². The number of thioether (sulfide) groups is 1. The minimum Gasteiger partial charge on any atom is -0.322 e. The Balaban J connectivity index is 1.69. The molecule has 7 heteroatoms. The first kappa shape index (κ1) is 18.1. The van der Waals surface area contributed by atoms with Crippen LogP contribution in [0.5, 0.6) is 0 Å². The number of halogens is 2. The highest BCUT2D eigenvalue weighted by atomic mass is 32.2. The van der Waals surface area contributed by atoms with Gasteiger partial charge in [-0.3, -0.25) is 4.79 Å². The first-order valence-electron chi connectivity index (χ1n) is 7.95. The number of hydrogen-bond donors (Lipinski definition) is 1. The minimum atomic E-state index is -0.925. The number of aromatic nitrogens is 2. The summed E-state index contributed by atoms with van der Waals surface area (Å²) in [4.78, 5) is 12.7. The Hall–Kier alpha value is -2.67. The maximum Gasteiger partial charge on any atom is 0.234 e. The van der Waals surface area contributed by atoms with Gasteiger partial charge in [0.15, 0.2) is 11.6 Å². The van der Waals surface area contributed by atoms with Crippen molar-refractivity contribution in [1.82, 2.24) is 9.78 Å². The van der Waals surface area contributed by atoms with E-state index in [1.54, 1.807) is 4.68 Å². The van der Waals surface area contributed by atoms with Gasteiger partial charge in [0.1, 0.15) is 0 Å². The summed E-state index contributed by atoms with van der Waals surface area (Å²) in [7, 11) is 0. The lowest BCUT2D eigenvalue weighted by atomic mass is 10.3. The Kier molecular flexibility index (Phi) is 5.37. The monoisotopic (exact) mass is 373 g/mol. The lowest BCUT2D eigenvalue weighted by Crippen LogP contribution is -2.15. The second-order valence-corrected chi connectivity index (χ2v) is 6.75. The molecular weight excluding hydrogens is 356 g/mol. The average Bonchev–Trinajstić information content (AvgIpc) is 2.91. The van der Waals surface area contributed by atoms with Crippen LogP contribution >= 0.6 is 11.8 Å². The normalized spacial score (nSPS) is 10.8. The zero-order chi connectivity index (χ0) is 18.7. The smallest absolute Gasteiger partial charge is 0.234 e. The van der Waals surface area contributed by atoms with Crippen LogP contribution in [0.4, 0.5) is 14.5 Å². The molecule has 0 spiro atoms. The molecule has 0 aliphatic heterocycles. The zero-order valence-corrected chi connectivity index (χ0v) is 15.1. The summed E-state index contributed by atoms with van der Waals surface area (Å²) in [6.07, 6.45) is 0. The van der Waals surface area contributed by atoms with Crippen LogP contribution in [0.2, 0.25) is 0 Å². The van der Waals surface area contributed by atoms with Gasteiger partial charge in [0.25, 0.3) is 0 Å². The van der Waals surface area contributed by atoms with Crippen molar-refractivity contribution >= 4 is 23.4 Å². The highest BCUT2D eigenvalue weighted by Crippen LogP contribution is 2.24. The first-order chi connectivity index (χ1) is 12.5. The van der Waals surface area contributed by atoms with E-state index < -0.39 is 11.6 Å². The molecule has 0 bridgehead atoms. The fourth-order valence-corrected chi connectivity index (χ4v) is 3.26. The molecule has 3 rings (SSSR count). The molecule has 0 radical (unpaired) electrons. The Morgan fingerprint density at radius 2 is 1.85 bits per heavy atom. The van der Waals surface area contributed by atoms with Crippen molar-refractivity contribution in [3.63, 3.8) is 0 Å². The summed E-state index contributed by atoms with van der Waals surface area (Å²) in [5.74, 6) is -1.98. The molecule has 134 valence electrons. The van der Waals surface area contributed by atoms with Crippen LogP contribution < -0.4 is 5.32 Å². The van der Waals surface area contributed by atoms with E-state index in [-0.39, 0.29) is 11.7 Å². The Morgan fingerprint density at radius 3 is 2.54 bits per heavy atom. The summed E-state index contributed by atoms with van der Waals surface area (Å²) in [6, 6.07) is 13.2. The van der Waals surface area contributed by atoms with E-state index >= 15 is 0 Å². The van der Waals surface area contributed by atoms with E-state index in [0.717, 1.165) is 35.3 Å². The fourth-order valence-electron chi connectivity index (χ4n) is 2.54. The lowest BCUT2D eigenvalue weighted by Gasteiger charge is -2.07. The van der Waals surface area contributed by atoms with Crippen LogP contribution in [-0.4, -0.2) is 21.4 Å². The average molecular weight is 373 g/mol. The van der Waals surface area contributed by atoms with E-state index in [4.69, 9.17) is 0 Å². The summed E-state index contributed by atoms with van der Waals surface area (Å²) in [5.41, 5.74) is 3.09. The summed E-state index contributed by atoms with van der Waals surface area (Å²) in [5, 5.41) is 7.33. The standard InChI is InChI=1S/C19H17F2N3OS/c1-12-19(13(2)24(23-12)14-6-4-3-5-7-14)22-18(25)11-26-15-8-9-16(20)17(21)10-15/h3-10H,11H2,1-2H3,(H,22,25). The van der Waals surface area contributed by atoms with Gasteiger partial charge in [-0.2, -0.15) is 5.10 Å². The highest BCUT2D eigenvalue weighted by molar-refractivity contribution is 8.00. The predicted molar refractivity (Wildman–Crippen MR) is 98.7 cm³/mol. The Labute approximate surface area is 154 Å². The SMILES string of the molecule is Cc1nn(-c2ccccc2)c(C)c1NC(=O)CSc1ccc(F)c(F)c1. The number of anilines is 1. The van der Waals surface area contributed by atoms with Gasteiger partial charge < -0.3 is 5.32 Å². The van der Waals surface area contributed by atoms with Gasteiger partial charge in [0.2, 0.25) is 5.91 Å². The molecule has 4 nitrogen and oxygen atoms in total. The molecule has 3 aromatic rings. The third kappa shape index (κ3) is 3.94. The maximum atomic E-state index is 13.2. The maximum absolute atomic E-state index is 13.2. The van der Waals surface area contributed by atoms with Crippen molar-refractivity contribution in [2.75, 3.05) is 11.1 Å². The molecule has 0 aliphatic carbocycles. The molecule has 2 aromatic carbocycles. The zero-order valence-electron chi connectivity index (χ0n) is 14.3. The van der Waals surface area contributed by atoms with Gasteiger partial charge in [0.05, 0.1) is 28.5 Å². The van der Waals surface area contributed by atoms with Crippen LogP contribution in [0.25, 0.3) is 5.69 Å². The minimum absolute atomic E-state index is 0.0838. The summed E-state index contributed by atoms with van der Waals surface area (Å²) in [6.45, 7) is 3.70. The lowest BCUT2D eigenvalue weighted by molar-refractivity contribution is -0.113. The van der Waals surface area contributed by atoms with Gasteiger partial charge in [-0.1, -0.05) is 18.2 Å². The Bertz CT molecular complexity index is 941. The molecular formula is C19H17F2N3OS. The van der Waals surface area contributed by atoms with Crippen molar-refractivity contribution in [1.29, 1.82) is 0 Å². The molecule has 0 aliphatic rings. The van der Waals surface area contributed by atoms with Gasteiger partial charge in [-0.05, 0) is 44.2 Å². The summed E-state index contributed by atoms with van der Waals surface area (Å²) < 4.78 is 27.9. The van der Waals surface area contributed by atoms with Crippen molar-refractivity contribution in [2.45, 2.75) is 18.7 Å². The number of nitrogens with one attached hydrogen (secondary N) is 1. The number of rotatable bonds is 5. The third-order valence-corrected chi connectivity index (χ3v) is 4.81. The molecule has 1 amide bonds. The second kappa shape index (κ2) is 7.70. The van der Waals surface area contributed by atoms with Gasteiger partial charge >= 0.3 is 0 Å². The molecule has 0 atom stereocenters. The number of para-hydroxylation sites is 1. The molecule has 0 saturated carbocycles. The number of aryl methyl sites for hydroxylation is 1. The summed E-state index contributed by atoms with van der Waals surface area (Å²) >= 11 is 1.14. The van der Waals surface area contributed by atoms with Crippen molar-refractivity contribution in [3.05, 3.63) is 71.6 Å². The van der Waals surface area contributed by atoms with Gasteiger partial charge in [-0.25, -0.2) is 13.5 Å². The van der Waals surface area contributed by atoms with Crippen LogP contribution in [0, 0.1) is 25.5 Å². The topological polar surface area (TPSA) is 46.9 Å². The van der Waals surface area contributed by atoms with E-state index in [9.17, 15) is 13.6 Å². The highest BCUT2D eigenvalue weighted by Gasteiger charge is 2.15. The Morgan fingerprint density at radius 1 is 1.12 bits per heavy atom. The number of amides is 1. The number of carbonyl (C=O) groups is 1. The van der Waals surface area contributed by atoms with E-state index in [0.29, 0.717) is 16.3 Å². The molecule has 0 saturated heterocycles. The van der Waals surface area contributed by atoms with Gasteiger partial charge in [0, 0.05) is 4.90 Å². The molecule has 0 unspecified atom stereocenters. The molecule has 26 heavy (non-hydrogen) atoms. The van der Waals surface area contributed by atoms with Crippen LogP contribution in [0.3, 0.4) is 0 Å². The van der Waals surface area contributed by atoms with Crippen molar-refractivity contribution in [2.24, 2.45) is 0 Å². The molecule has 1 heterocycles. The van der Waals surface area contributed by atoms with E-state index in [2.05, 4.69) is 10.4 Å². The second-order valence-electron chi connectivity index (χ2n) is 5.71. The van der Waals surface area contributed by atoms with Crippen molar-refractivity contribution in [3.8, 4) is 5.69 Å². The number of hydrogen-bond acceptors (Lipinski definition) is 3. The fraction of sp³-hybridized carbons (Fsp3) is 0.158. The molecule has 0 fully saturated rings. The van der Waals surface area contributed by atoms with Crippen LogP contribution in [0.15, 0.2) is 53.4 Å². The first-order valence-corrected chi connectivity index (χ1v) is 8.93. The number of benzene rings is 2. The number of carbonyl (C=O) groups excluding carboxylic acids is 1. The van der Waals surface area contributed by atoms with Crippen LogP contribution in [-0.2, 0) is 4.79 Å². The molecule has 1 N–H and O–H groups in total.